The molecule has 0 fully saturated rings. The molecule has 0 amide bonds. The van der Waals surface area contributed by atoms with Crippen molar-refractivity contribution in [1.82, 2.24) is 0 Å². The Morgan fingerprint density at radius 3 is 2.67 bits per heavy atom. The van der Waals surface area contributed by atoms with Crippen molar-refractivity contribution in [1.29, 1.82) is 0 Å². The van der Waals surface area contributed by atoms with Gasteiger partial charge >= 0.3 is 0 Å². The Kier molecular flexibility index (Phi) is 2.73. The van der Waals surface area contributed by atoms with Gasteiger partial charge in [0.1, 0.15) is 0 Å². The van der Waals surface area contributed by atoms with E-state index < -0.39 is 0 Å². The second-order valence-corrected chi connectivity index (χ2v) is 3.44. The van der Waals surface area contributed by atoms with E-state index in [2.05, 4.69) is 18.7 Å². The van der Waals surface area contributed by atoms with Gasteiger partial charge in [0, 0.05) is 0 Å². The highest BCUT2D eigenvalue weighted by molar-refractivity contribution is 8.11. The molecule has 0 aromatic carbocycles. The second kappa shape index (κ2) is 3.37. The molecule has 0 heterocycles. The summed E-state index contributed by atoms with van der Waals surface area (Å²) in [5.41, 5.74) is 1.28. The van der Waals surface area contributed by atoms with Crippen LogP contribution in [0.4, 0.5) is 0 Å². The average molecular weight is 158 g/mol. The van der Waals surface area contributed by atoms with Crippen LogP contribution in [0.15, 0.2) is 11.6 Å². The Labute approximate surface area is 66.7 Å². The van der Waals surface area contributed by atoms with E-state index in [9.17, 15) is 0 Å². The molecular formula is C7H10S2. The Morgan fingerprint density at radius 1 is 1.56 bits per heavy atom. The number of rotatable bonds is 1. The third-order valence-electron chi connectivity index (χ3n) is 1.57. The summed E-state index contributed by atoms with van der Waals surface area (Å²) < 4.78 is 0.787. The molecule has 0 aliphatic heterocycles. The summed E-state index contributed by atoms with van der Waals surface area (Å²) in [6.07, 6.45) is 7.14. The molecule has 1 rings (SSSR count). The third kappa shape index (κ3) is 2.11. The van der Waals surface area contributed by atoms with E-state index in [0.29, 0.717) is 0 Å². The van der Waals surface area contributed by atoms with Gasteiger partial charge in [-0.05, 0) is 31.3 Å². The van der Waals surface area contributed by atoms with E-state index >= 15 is 0 Å². The van der Waals surface area contributed by atoms with Crippen molar-refractivity contribution in [2.75, 3.05) is 0 Å². The third-order valence-corrected chi connectivity index (χ3v) is 2.12. The minimum Gasteiger partial charge on any atom is -0.132 e. The zero-order chi connectivity index (χ0) is 6.69. The van der Waals surface area contributed by atoms with Crippen LogP contribution in [0.2, 0.25) is 0 Å². The smallest absolute Gasteiger partial charge is 0.0704 e. The Morgan fingerprint density at radius 2 is 2.33 bits per heavy atom. The number of thiocarbonyl (C=S) groups is 1. The molecule has 9 heavy (non-hydrogen) atoms. The maximum absolute atomic E-state index is 4.91. The number of hydrogen-bond acceptors (Lipinski definition) is 1. The number of hydrogen-bond donors (Lipinski definition) is 1. The quantitative estimate of drug-likeness (QED) is 0.452. The standard InChI is InChI=1S/C7H10S2/c8-7(9)6-4-2-1-3-5-6/h4H,1-3,5H2,(H,8,9). The monoisotopic (exact) mass is 158 g/mol. The predicted molar refractivity (Wildman–Crippen MR) is 48.1 cm³/mol. The molecule has 0 N–H and O–H groups in total. The van der Waals surface area contributed by atoms with Gasteiger partial charge in [0.05, 0.1) is 4.20 Å². The summed E-state index contributed by atoms with van der Waals surface area (Å²) in [5, 5.41) is 0. The number of allylic oxidation sites excluding steroid dienone is 1. The lowest BCUT2D eigenvalue weighted by atomic mass is 10.0. The number of thiol groups is 1. The van der Waals surface area contributed by atoms with Crippen LogP contribution < -0.4 is 0 Å². The zero-order valence-corrected chi connectivity index (χ0v) is 6.97. The van der Waals surface area contributed by atoms with Crippen LogP contribution in [0.3, 0.4) is 0 Å². The molecule has 0 aromatic heterocycles. The maximum atomic E-state index is 4.91. The SMILES string of the molecule is S=C(S)C1=CCCCC1. The van der Waals surface area contributed by atoms with Gasteiger partial charge in [-0.1, -0.05) is 18.3 Å². The van der Waals surface area contributed by atoms with Crippen molar-refractivity contribution in [3.8, 4) is 0 Å². The molecule has 0 nitrogen and oxygen atoms in total. The summed E-state index contributed by atoms with van der Waals surface area (Å²) in [7, 11) is 0. The first-order valence-electron chi connectivity index (χ1n) is 3.23. The van der Waals surface area contributed by atoms with Crippen LogP contribution in [0.25, 0.3) is 0 Å². The van der Waals surface area contributed by atoms with Crippen LogP contribution in [-0.4, -0.2) is 4.20 Å². The van der Waals surface area contributed by atoms with E-state index in [1.165, 1.54) is 24.8 Å². The first-order chi connectivity index (χ1) is 4.30. The minimum atomic E-state index is 0.787. The van der Waals surface area contributed by atoms with Crippen LogP contribution in [0.5, 0.6) is 0 Å². The summed E-state index contributed by atoms with van der Waals surface area (Å²) in [5.74, 6) is 0. The van der Waals surface area contributed by atoms with E-state index in [1.54, 1.807) is 0 Å². The fourth-order valence-corrected chi connectivity index (χ4v) is 1.42. The molecule has 0 saturated heterocycles. The van der Waals surface area contributed by atoms with Crippen LogP contribution in [-0.2, 0) is 0 Å². The van der Waals surface area contributed by atoms with E-state index in [0.717, 1.165) is 10.6 Å². The Hall–Kier alpha value is 0.180. The van der Waals surface area contributed by atoms with Gasteiger partial charge in [-0.25, -0.2) is 0 Å². The fourth-order valence-electron chi connectivity index (χ4n) is 1.03. The summed E-state index contributed by atoms with van der Waals surface area (Å²) in [6, 6.07) is 0. The normalized spacial score (nSPS) is 19.0. The second-order valence-electron chi connectivity index (χ2n) is 2.28. The van der Waals surface area contributed by atoms with Gasteiger partial charge in [-0.3, -0.25) is 0 Å². The van der Waals surface area contributed by atoms with Gasteiger partial charge in [0.2, 0.25) is 0 Å². The zero-order valence-electron chi connectivity index (χ0n) is 5.26. The van der Waals surface area contributed by atoms with Crippen molar-refractivity contribution in [2.24, 2.45) is 0 Å². The van der Waals surface area contributed by atoms with Gasteiger partial charge in [0.15, 0.2) is 0 Å². The highest BCUT2D eigenvalue weighted by Crippen LogP contribution is 2.19. The Balaban J connectivity index is 2.57. The van der Waals surface area contributed by atoms with Gasteiger partial charge in [-0.15, -0.1) is 12.6 Å². The maximum Gasteiger partial charge on any atom is 0.0704 e. The molecule has 0 bridgehead atoms. The molecule has 0 atom stereocenters. The molecule has 2 heteroatoms. The van der Waals surface area contributed by atoms with Crippen LogP contribution in [0.1, 0.15) is 25.7 Å². The molecule has 1 aliphatic rings. The molecule has 0 saturated carbocycles. The molecule has 0 unspecified atom stereocenters. The van der Waals surface area contributed by atoms with Gasteiger partial charge in [-0.2, -0.15) is 0 Å². The topological polar surface area (TPSA) is 0 Å². The molecular weight excluding hydrogens is 148 g/mol. The molecule has 0 aromatic rings. The summed E-state index contributed by atoms with van der Waals surface area (Å²) >= 11 is 9.02. The highest BCUT2D eigenvalue weighted by Gasteiger charge is 2.04. The van der Waals surface area contributed by atoms with Crippen LogP contribution in [0, 0.1) is 0 Å². The minimum absolute atomic E-state index is 0.787. The van der Waals surface area contributed by atoms with Crippen molar-refractivity contribution in [3.05, 3.63) is 11.6 Å². The van der Waals surface area contributed by atoms with Gasteiger partial charge in [0.25, 0.3) is 0 Å². The van der Waals surface area contributed by atoms with Crippen molar-refractivity contribution < 1.29 is 0 Å². The first kappa shape index (κ1) is 7.29. The summed E-state index contributed by atoms with van der Waals surface area (Å²) in [4.78, 5) is 0. The van der Waals surface area contributed by atoms with Crippen molar-refractivity contribution in [2.45, 2.75) is 25.7 Å². The molecule has 0 spiro atoms. The van der Waals surface area contributed by atoms with E-state index in [1.807, 2.05) is 0 Å². The largest absolute Gasteiger partial charge is 0.132 e. The van der Waals surface area contributed by atoms with E-state index in [-0.39, 0.29) is 0 Å². The molecule has 50 valence electrons. The van der Waals surface area contributed by atoms with Crippen molar-refractivity contribution >= 4 is 29.0 Å². The predicted octanol–water partition coefficient (Wildman–Crippen LogP) is 2.74. The average Bonchev–Trinajstić information content (AvgIpc) is 1.90. The van der Waals surface area contributed by atoms with Gasteiger partial charge < -0.3 is 0 Å². The summed E-state index contributed by atoms with van der Waals surface area (Å²) in [6.45, 7) is 0. The lowest BCUT2D eigenvalue weighted by molar-refractivity contribution is 0.719. The van der Waals surface area contributed by atoms with Crippen LogP contribution >= 0.6 is 24.8 Å². The first-order valence-corrected chi connectivity index (χ1v) is 4.08. The lowest BCUT2D eigenvalue weighted by Crippen LogP contribution is -1.96. The fraction of sp³-hybridized carbons (Fsp3) is 0.571. The Bertz CT molecular complexity index is 147. The lowest BCUT2D eigenvalue weighted by Gasteiger charge is -2.09. The molecule has 0 radical (unpaired) electrons. The highest BCUT2D eigenvalue weighted by atomic mass is 32.1. The molecule has 1 aliphatic carbocycles. The van der Waals surface area contributed by atoms with Crippen molar-refractivity contribution in [3.63, 3.8) is 0 Å². The van der Waals surface area contributed by atoms with E-state index in [4.69, 9.17) is 12.2 Å².